The smallest absolute Gasteiger partial charge is 0.108 e. The first-order valence-electron chi connectivity index (χ1n) is 8.41. The minimum Gasteiger partial charge on any atom is -0.372 e. The van der Waals surface area contributed by atoms with Crippen molar-refractivity contribution >= 4 is 34.0 Å². The fraction of sp³-hybridized carbons (Fsp3) is 0.350. The summed E-state index contributed by atoms with van der Waals surface area (Å²) in [5, 5.41) is 17.1. The maximum absolute atomic E-state index is 9.16. The Morgan fingerprint density at radius 3 is 2.29 bits per heavy atom. The highest BCUT2D eigenvalue weighted by molar-refractivity contribution is 8.01. The fourth-order valence-electron chi connectivity index (χ4n) is 2.90. The molecule has 2 rings (SSSR count). The van der Waals surface area contributed by atoms with Crippen molar-refractivity contribution in [1.82, 2.24) is 0 Å². The third-order valence-corrected chi connectivity index (χ3v) is 4.80. The molecule has 3 nitrogen and oxygen atoms in total. The Morgan fingerprint density at radius 2 is 1.71 bits per heavy atom. The second-order valence-corrected chi connectivity index (χ2v) is 6.56. The summed E-state index contributed by atoms with van der Waals surface area (Å²) in [7, 11) is 0. The molecule has 0 spiro atoms. The second kappa shape index (κ2) is 8.77. The Bertz CT molecular complexity index is 768. The van der Waals surface area contributed by atoms with Gasteiger partial charge in [-0.1, -0.05) is 32.0 Å². The van der Waals surface area contributed by atoms with Crippen LogP contribution < -0.4 is 10.0 Å². The average molecular weight is 340 g/mol. The molecule has 126 valence electrons. The lowest BCUT2D eigenvalue weighted by molar-refractivity contribution is 0.745. The molecule has 0 atom stereocenters. The molecule has 24 heavy (non-hydrogen) atoms. The van der Waals surface area contributed by atoms with Crippen molar-refractivity contribution in [2.75, 3.05) is 18.0 Å². The first-order valence-corrected chi connectivity index (χ1v) is 9.29. The minimum atomic E-state index is 0.558. The van der Waals surface area contributed by atoms with Gasteiger partial charge in [0, 0.05) is 18.8 Å². The summed E-state index contributed by atoms with van der Waals surface area (Å²) in [6.07, 6.45) is 2.29. The quantitative estimate of drug-likeness (QED) is 0.547. The van der Waals surface area contributed by atoms with E-state index in [9.17, 15) is 0 Å². The van der Waals surface area contributed by atoms with Crippen LogP contribution in [-0.4, -0.2) is 13.1 Å². The summed E-state index contributed by atoms with van der Waals surface area (Å²) in [6, 6.07) is 15.1. The van der Waals surface area contributed by atoms with Crippen LogP contribution in [0, 0.1) is 11.3 Å². The molecule has 2 aromatic rings. The molecule has 0 heterocycles. The van der Waals surface area contributed by atoms with Gasteiger partial charge in [0.1, 0.15) is 11.0 Å². The van der Waals surface area contributed by atoms with E-state index in [4.69, 9.17) is 10.4 Å². The average Bonchev–Trinajstić information content (AvgIpc) is 2.61. The van der Waals surface area contributed by atoms with E-state index >= 15 is 0 Å². The number of rotatable bonds is 7. The van der Waals surface area contributed by atoms with Crippen LogP contribution in [-0.2, 0) is 0 Å². The SMILES string of the molecule is CCCN(CCC)c1ccc2cc(/C(C)=C(\C#N)SN)ccc2c1. The molecule has 2 N–H and O–H groups in total. The predicted octanol–water partition coefficient (Wildman–Crippen LogP) is 5.33. The van der Waals surface area contributed by atoms with E-state index < -0.39 is 0 Å². The molecule has 0 saturated carbocycles. The number of nitrogens with two attached hydrogens (primary N) is 1. The van der Waals surface area contributed by atoms with Gasteiger partial charge in [-0.25, -0.2) is 0 Å². The number of allylic oxidation sites excluding steroid dienone is 2. The van der Waals surface area contributed by atoms with Gasteiger partial charge in [0.2, 0.25) is 0 Å². The Labute approximate surface area is 149 Å². The normalized spacial score (nSPS) is 12.0. The summed E-state index contributed by atoms with van der Waals surface area (Å²) in [5.74, 6) is 0. The maximum atomic E-state index is 9.16. The van der Waals surface area contributed by atoms with Gasteiger partial charge < -0.3 is 4.90 Å². The summed E-state index contributed by atoms with van der Waals surface area (Å²) in [6.45, 7) is 8.54. The van der Waals surface area contributed by atoms with Crippen LogP contribution in [0.3, 0.4) is 0 Å². The lowest BCUT2D eigenvalue weighted by Crippen LogP contribution is -2.24. The molecule has 0 saturated heterocycles. The van der Waals surface area contributed by atoms with Gasteiger partial charge in [0.15, 0.2) is 0 Å². The molecule has 4 heteroatoms. The number of hydrogen-bond acceptors (Lipinski definition) is 4. The molecule has 0 unspecified atom stereocenters. The van der Waals surface area contributed by atoms with Crippen LogP contribution in [0.25, 0.3) is 16.3 Å². The van der Waals surface area contributed by atoms with Crippen molar-refractivity contribution in [2.45, 2.75) is 33.6 Å². The molecular formula is C20H25N3S. The molecular weight excluding hydrogens is 314 g/mol. The molecule has 0 aliphatic carbocycles. The number of fused-ring (bicyclic) bond motifs is 1. The summed E-state index contributed by atoms with van der Waals surface area (Å²) < 4.78 is 0. The van der Waals surface area contributed by atoms with E-state index in [0.717, 1.165) is 49.0 Å². The number of nitriles is 1. The molecule has 0 bridgehead atoms. The lowest BCUT2D eigenvalue weighted by atomic mass is 10.0. The van der Waals surface area contributed by atoms with Crippen LogP contribution in [0.1, 0.15) is 39.2 Å². The minimum absolute atomic E-state index is 0.558. The van der Waals surface area contributed by atoms with Crippen molar-refractivity contribution in [1.29, 1.82) is 5.26 Å². The van der Waals surface area contributed by atoms with Crippen LogP contribution >= 0.6 is 11.9 Å². The van der Waals surface area contributed by atoms with E-state index in [1.807, 2.05) is 6.92 Å². The highest BCUT2D eigenvalue weighted by Gasteiger charge is 2.08. The summed E-state index contributed by atoms with van der Waals surface area (Å²) >= 11 is 1.01. The van der Waals surface area contributed by atoms with Crippen molar-refractivity contribution < 1.29 is 0 Å². The molecule has 0 radical (unpaired) electrons. The molecule has 0 aliphatic heterocycles. The Morgan fingerprint density at radius 1 is 1.08 bits per heavy atom. The van der Waals surface area contributed by atoms with E-state index in [1.54, 1.807) is 0 Å². The Balaban J connectivity index is 2.41. The first kappa shape index (κ1) is 18.4. The molecule has 0 fully saturated rings. The highest BCUT2D eigenvalue weighted by atomic mass is 32.2. The highest BCUT2D eigenvalue weighted by Crippen LogP contribution is 2.28. The van der Waals surface area contributed by atoms with Crippen LogP contribution in [0.5, 0.6) is 0 Å². The van der Waals surface area contributed by atoms with Crippen molar-refractivity contribution in [2.24, 2.45) is 5.14 Å². The van der Waals surface area contributed by atoms with E-state index in [0.29, 0.717) is 4.91 Å². The Kier molecular flexibility index (Phi) is 6.72. The number of benzene rings is 2. The van der Waals surface area contributed by atoms with Crippen molar-refractivity contribution in [3.05, 3.63) is 46.9 Å². The molecule has 0 aromatic heterocycles. The number of hydrogen-bond donors (Lipinski definition) is 1. The van der Waals surface area contributed by atoms with Gasteiger partial charge in [-0.05, 0) is 71.8 Å². The van der Waals surface area contributed by atoms with Gasteiger partial charge in [0.25, 0.3) is 0 Å². The third-order valence-electron chi connectivity index (χ3n) is 4.17. The van der Waals surface area contributed by atoms with Gasteiger partial charge in [-0.3, -0.25) is 5.14 Å². The zero-order chi connectivity index (χ0) is 17.5. The maximum Gasteiger partial charge on any atom is 0.108 e. The van der Waals surface area contributed by atoms with Crippen LogP contribution in [0.15, 0.2) is 41.3 Å². The first-order chi connectivity index (χ1) is 11.6. The zero-order valence-corrected chi connectivity index (χ0v) is 15.5. The predicted molar refractivity (Wildman–Crippen MR) is 107 cm³/mol. The molecule has 2 aromatic carbocycles. The fourth-order valence-corrected chi connectivity index (χ4v) is 3.25. The van der Waals surface area contributed by atoms with E-state index in [2.05, 4.69) is 61.2 Å². The molecule has 0 amide bonds. The zero-order valence-electron chi connectivity index (χ0n) is 14.7. The van der Waals surface area contributed by atoms with Gasteiger partial charge >= 0.3 is 0 Å². The van der Waals surface area contributed by atoms with E-state index in [-0.39, 0.29) is 0 Å². The third kappa shape index (κ3) is 4.11. The van der Waals surface area contributed by atoms with Crippen molar-refractivity contribution in [3.8, 4) is 6.07 Å². The van der Waals surface area contributed by atoms with Gasteiger partial charge in [0.05, 0.1) is 0 Å². The van der Waals surface area contributed by atoms with E-state index in [1.165, 1.54) is 16.5 Å². The Hall–Kier alpha value is -1.96. The monoisotopic (exact) mass is 339 g/mol. The number of nitrogens with zero attached hydrogens (tertiary/aromatic N) is 2. The van der Waals surface area contributed by atoms with Crippen LogP contribution in [0.2, 0.25) is 0 Å². The summed E-state index contributed by atoms with van der Waals surface area (Å²) in [4.78, 5) is 3.00. The van der Waals surface area contributed by atoms with Gasteiger partial charge in [-0.15, -0.1) is 0 Å². The summed E-state index contributed by atoms with van der Waals surface area (Å²) in [5.41, 5.74) is 3.25. The largest absolute Gasteiger partial charge is 0.372 e. The van der Waals surface area contributed by atoms with Crippen molar-refractivity contribution in [3.63, 3.8) is 0 Å². The standard InChI is InChI=1S/C20H25N3S/c1-4-10-23(11-5-2)19-9-8-17-12-16(6-7-18(17)13-19)15(3)20(14-21)24-22/h6-9,12-13H,4-5,10-11,22H2,1-3H3/b20-15+. The second-order valence-electron chi connectivity index (χ2n) is 5.92. The lowest BCUT2D eigenvalue weighted by Gasteiger charge is -2.24. The topological polar surface area (TPSA) is 53.0 Å². The number of anilines is 1. The molecule has 0 aliphatic rings. The van der Waals surface area contributed by atoms with Crippen LogP contribution in [0.4, 0.5) is 5.69 Å². The van der Waals surface area contributed by atoms with Gasteiger partial charge in [-0.2, -0.15) is 5.26 Å².